The number of esters is 1. The van der Waals surface area contributed by atoms with Crippen molar-refractivity contribution in [2.45, 2.75) is 71.5 Å². The largest absolute Gasteiger partial charge is 0.496 e. The highest BCUT2D eigenvalue weighted by Gasteiger charge is 2.44. The van der Waals surface area contributed by atoms with Crippen LogP contribution in [0.5, 0.6) is 5.75 Å². The molecule has 0 radical (unpaired) electrons. The summed E-state index contributed by atoms with van der Waals surface area (Å²) in [5.41, 5.74) is 3.95. The molecule has 1 saturated heterocycles. The highest BCUT2D eigenvalue weighted by Crippen LogP contribution is 2.48. The smallest absolute Gasteiger partial charge is 0.416 e. The first-order chi connectivity index (χ1) is 25.8. The first-order valence-corrected chi connectivity index (χ1v) is 17.8. The van der Waals surface area contributed by atoms with Crippen LogP contribution < -0.4 is 4.74 Å². The van der Waals surface area contributed by atoms with Crippen LogP contribution in [0, 0.1) is 12.3 Å². The van der Waals surface area contributed by atoms with E-state index < -0.39 is 47.7 Å². The molecule has 2 atom stereocenters. The van der Waals surface area contributed by atoms with E-state index in [9.17, 15) is 35.9 Å². The molecule has 6 nitrogen and oxygen atoms in total. The van der Waals surface area contributed by atoms with Crippen LogP contribution in [0.1, 0.15) is 84.3 Å². The Kier molecular flexibility index (Phi) is 10.6. The van der Waals surface area contributed by atoms with Gasteiger partial charge in [0.05, 0.1) is 37.0 Å². The number of benzene rings is 4. The Bertz CT molecular complexity index is 2140. The number of ether oxygens (including phenoxy) is 3. The molecule has 1 aliphatic heterocycles. The second kappa shape index (κ2) is 14.8. The fraction of sp³-hybridized carbons (Fsp3) is 0.349. The van der Waals surface area contributed by atoms with E-state index in [-0.39, 0.29) is 23.6 Å². The van der Waals surface area contributed by atoms with Gasteiger partial charge in [0, 0.05) is 12.1 Å². The summed E-state index contributed by atoms with van der Waals surface area (Å²) in [6.07, 6.45) is -10.3. The normalized spacial score (nSPS) is 18.7. The number of nitrogens with zero attached hydrogens (tertiary/aromatic N) is 1. The minimum atomic E-state index is -5.05. The minimum absolute atomic E-state index is 0.0444. The lowest BCUT2D eigenvalue weighted by atomic mass is 9.71. The number of para-hydroxylation sites is 1. The minimum Gasteiger partial charge on any atom is -0.496 e. The van der Waals surface area contributed by atoms with E-state index in [4.69, 9.17) is 14.2 Å². The van der Waals surface area contributed by atoms with Crippen LogP contribution in [0.2, 0.25) is 0 Å². The zero-order valence-corrected chi connectivity index (χ0v) is 31.2. The lowest BCUT2D eigenvalue weighted by Crippen LogP contribution is -2.35. The van der Waals surface area contributed by atoms with Crippen molar-refractivity contribution in [3.63, 3.8) is 0 Å². The average molecular weight is 766 g/mol. The number of cyclic esters (lactones) is 1. The molecule has 1 heterocycles. The molecule has 0 spiro atoms. The number of hydrogen-bond acceptors (Lipinski definition) is 5. The van der Waals surface area contributed by atoms with Gasteiger partial charge in [-0.2, -0.15) is 26.3 Å². The molecule has 0 bridgehead atoms. The van der Waals surface area contributed by atoms with Crippen molar-refractivity contribution in [1.29, 1.82) is 0 Å². The molecule has 290 valence electrons. The van der Waals surface area contributed by atoms with Gasteiger partial charge in [-0.05, 0) is 126 Å². The molecule has 1 aliphatic carbocycles. The molecular formula is C43H41F6NO5. The maximum Gasteiger partial charge on any atom is 0.416 e. The number of amides is 1. The third-order valence-electron chi connectivity index (χ3n) is 10.6. The van der Waals surface area contributed by atoms with E-state index in [2.05, 4.69) is 19.9 Å². The number of rotatable bonds is 8. The van der Waals surface area contributed by atoms with Crippen molar-refractivity contribution >= 4 is 17.6 Å². The molecule has 55 heavy (non-hydrogen) atoms. The zero-order valence-electron chi connectivity index (χ0n) is 31.2. The molecule has 0 unspecified atom stereocenters. The Balaban J connectivity index is 1.47. The number of halogens is 6. The molecule has 4 aromatic carbocycles. The van der Waals surface area contributed by atoms with Gasteiger partial charge in [-0.3, -0.25) is 4.90 Å². The topological polar surface area (TPSA) is 65.1 Å². The Labute approximate surface area is 315 Å². The number of hydrogen-bond donors (Lipinski definition) is 0. The van der Waals surface area contributed by atoms with E-state index in [1.54, 1.807) is 26.2 Å². The second-order valence-electron chi connectivity index (χ2n) is 14.9. The van der Waals surface area contributed by atoms with Crippen LogP contribution in [0.3, 0.4) is 0 Å². The number of carbonyl (C=O) groups excluding carboxylic acids is 2. The fourth-order valence-electron chi connectivity index (χ4n) is 7.69. The summed E-state index contributed by atoms with van der Waals surface area (Å²) in [6, 6.07) is 19.4. The summed E-state index contributed by atoms with van der Waals surface area (Å²) < 4.78 is 98.8. The molecule has 0 aromatic heterocycles. The molecule has 1 fully saturated rings. The number of carbonyl (C=O) groups is 2. The van der Waals surface area contributed by atoms with Crippen molar-refractivity contribution in [2.24, 2.45) is 5.41 Å². The predicted molar refractivity (Wildman–Crippen MR) is 196 cm³/mol. The van der Waals surface area contributed by atoms with E-state index >= 15 is 0 Å². The SMILES string of the molecule is COC(=O)c1ccc(-c2ccc(-c3ccccc3OC)c(C3=C(CN4C(=O)O[C@@H](c5cc(C(F)(F)F)cc(C(F)(F)F)c5)[C@@H]4C)CC(C)(C)CC3)c2)c(C)c1. The Hall–Kier alpha value is -5.26. The lowest BCUT2D eigenvalue weighted by Gasteiger charge is -2.36. The number of aryl methyl sites for hydroxylation is 1. The summed E-state index contributed by atoms with van der Waals surface area (Å²) >= 11 is 0. The molecule has 12 heteroatoms. The number of alkyl halides is 6. The third-order valence-corrected chi connectivity index (χ3v) is 10.6. The van der Waals surface area contributed by atoms with E-state index in [1.807, 2.05) is 49.4 Å². The van der Waals surface area contributed by atoms with Crippen molar-refractivity contribution < 1.29 is 50.1 Å². The summed E-state index contributed by atoms with van der Waals surface area (Å²) in [5, 5.41) is 0. The molecule has 6 rings (SSSR count). The maximum atomic E-state index is 13.8. The van der Waals surface area contributed by atoms with Gasteiger partial charge in [-0.1, -0.05) is 50.2 Å². The van der Waals surface area contributed by atoms with Crippen LogP contribution in [-0.2, 0) is 21.8 Å². The molecule has 1 amide bonds. The monoisotopic (exact) mass is 765 g/mol. The van der Waals surface area contributed by atoms with Crippen LogP contribution in [0.15, 0.2) is 84.4 Å². The average Bonchev–Trinajstić information content (AvgIpc) is 3.41. The van der Waals surface area contributed by atoms with Gasteiger partial charge in [0.25, 0.3) is 0 Å². The Morgan fingerprint density at radius 2 is 1.51 bits per heavy atom. The predicted octanol–water partition coefficient (Wildman–Crippen LogP) is 11.7. The van der Waals surface area contributed by atoms with Crippen molar-refractivity contribution in [3.05, 3.63) is 118 Å². The van der Waals surface area contributed by atoms with Crippen LogP contribution in [0.25, 0.3) is 27.8 Å². The van der Waals surface area contributed by atoms with Crippen molar-refractivity contribution in [2.75, 3.05) is 20.8 Å². The lowest BCUT2D eigenvalue weighted by molar-refractivity contribution is -0.143. The zero-order chi connectivity index (χ0) is 40.0. The third kappa shape index (κ3) is 8.09. The standard InChI is InChI=1S/C43H41F6NO5/c1-24-17-27(39(51)54-6)12-13-32(24)26-11-14-34(35-9-7-8-10-37(35)53-5)36(20-26)33-15-16-41(3,4)22-29(33)23-50-25(2)38(55-40(50)52)28-18-30(42(44,45)46)21-31(19-28)43(47,48)49/h7-14,17-21,25,38H,15-16,22-23H2,1-6H3/t25-,38+/m0/s1. The molecular weight excluding hydrogens is 724 g/mol. The first kappa shape index (κ1) is 39.4. The van der Waals surface area contributed by atoms with Gasteiger partial charge in [0.1, 0.15) is 11.9 Å². The molecule has 0 N–H and O–H groups in total. The van der Waals surface area contributed by atoms with Gasteiger partial charge in [0.15, 0.2) is 0 Å². The maximum absolute atomic E-state index is 13.8. The van der Waals surface area contributed by atoms with Crippen molar-refractivity contribution in [1.82, 2.24) is 4.90 Å². The number of allylic oxidation sites excluding steroid dienone is 1. The summed E-state index contributed by atoms with van der Waals surface area (Å²) in [5.74, 6) is 0.194. The summed E-state index contributed by atoms with van der Waals surface area (Å²) in [7, 11) is 2.91. The quantitative estimate of drug-likeness (QED) is 0.132. The van der Waals surface area contributed by atoms with Crippen molar-refractivity contribution in [3.8, 4) is 28.0 Å². The van der Waals surface area contributed by atoms with Gasteiger partial charge < -0.3 is 14.2 Å². The van der Waals surface area contributed by atoms with Gasteiger partial charge in [-0.15, -0.1) is 0 Å². The summed E-state index contributed by atoms with van der Waals surface area (Å²) in [4.78, 5) is 27.2. The number of methoxy groups -OCH3 is 2. The molecule has 0 saturated carbocycles. The van der Waals surface area contributed by atoms with E-state index in [0.29, 0.717) is 36.3 Å². The van der Waals surface area contributed by atoms with E-state index in [1.165, 1.54) is 12.0 Å². The van der Waals surface area contributed by atoms with Crippen LogP contribution in [-0.4, -0.2) is 43.8 Å². The highest BCUT2D eigenvalue weighted by molar-refractivity contribution is 5.92. The van der Waals surface area contributed by atoms with E-state index in [0.717, 1.165) is 50.9 Å². The van der Waals surface area contributed by atoms with Crippen LogP contribution >= 0.6 is 0 Å². The van der Waals surface area contributed by atoms with Gasteiger partial charge in [0.2, 0.25) is 0 Å². The van der Waals surface area contributed by atoms with Crippen LogP contribution in [0.4, 0.5) is 31.1 Å². The highest BCUT2D eigenvalue weighted by atomic mass is 19.4. The Morgan fingerprint density at radius 3 is 2.13 bits per heavy atom. The fourth-order valence-corrected chi connectivity index (χ4v) is 7.69. The summed E-state index contributed by atoms with van der Waals surface area (Å²) in [6.45, 7) is 7.75. The molecule has 2 aliphatic rings. The Morgan fingerprint density at radius 1 is 0.855 bits per heavy atom. The first-order valence-electron chi connectivity index (χ1n) is 17.8. The van der Waals surface area contributed by atoms with Gasteiger partial charge in [-0.25, -0.2) is 9.59 Å². The van der Waals surface area contributed by atoms with Gasteiger partial charge >= 0.3 is 24.4 Å². The second-order valence-corrected chi connectivity index (χ2v) is 14.9. The molecule has 4 aromatic rings.